The number of aliphatic carboxylic acids is 1. The molecular formula is C30H27N3O4. The third-order valence-corrected chi connectivity index (χ3v) is 6.08. The molecule has 186 valence electrons. The predicted octanol–water partition coefficient (Wildman–Crippen LogP) is 5.53. The van der Waals surface area contributed by atoms with Crippen LogP contribution in [0.15, 0.2) is 91.1 Å². The molecule has 0 radical (unpaired) electrons. The summed E-state index contributed by atoms with van der Waals surface area (Å²) >= 11 is 0. The Bertz CT molecular complexity index is 1510. The van der Waals surface area contributed by atoms with E-state index in [9.17, 15) is 9.90 Å². The number of rotatable bonds is 10. The topological polar surface area (TPSA) is 97.0 Å². The van der Waals surface area contributed by atoms with Gasteiger partial charge in [-0.2, -0.15) is 0 Å². The molecule has 7 heteroatoms. The molecule has 0 saturated heterocycles. The third kappa shape index (κ3) is 5.78. The van der Waals surface area contributed by atoms with E-state index in [0.717, 1.165) is 28.1 Å². The number of carboxylic acid groups (broad SMARTS) is 1. The normalized spacial score (nSPS) is 11.0. The van der Waals surface area contributed by atoms with Crippen molar-refractivity contribution in [3.8, 4) is 22.9 Å². The minimum Gasteiger partial charge on any atom is -0.494 e. The number of hydrogen-bond acceptors (Lipinski definition) is 5. The lowest BCUT2D eigenvalue weighted by molar-refractivity contribution is -0.137. The molecule has 37 heavy (non-hydrogen) atoms. The lowest BCUT2D eigenvalue weighted by atomic mass is 10.1. The molecule has 2 heterocycles. The summed E-state index contributed by atoms with van der Waals surface area (Å²) in [5.41, 5.74) is 5.71. The molecule has 0 spiro atoms. The maximum Gasteiger partial charge on any atom is 0.303 e. The second-order valence-corrected chi connectivity index (χ2v) is 8.85. The number of carbonyl (C=O) groups is 1. The highest BCUT2D eigenvalue weighted by molar-refractivity contribution is 5.66. The van der Waals surface area contributed by atoms with Crippen LogP contribution in [-0.4, -0.2) is 37.2 Å². The summed E-state index contributed by atoms with van der Waals surface area (Å²) in [7, 11) is 0. The lowest BCUT2D eigenvalue weighted by Gasteiger charge is -2.08. The van der Waals surface area contributed by atoms with Crippen molar-refractivity contribution in [2.45, 2.75) is 25.7 Å². The molecule has 7 nitrogen and oxygen atoms in total. The quantitative estimate of drug-likeness (QED) is 0.249. The van der Waals surface area contributed by atoms with Gasteiger partial charge in [0.2, 0.25) is 5.88 Å². The zero-order valence-corrected chi connectivity index (χ0v) is 20.2. The van der Waals surface area contributed by atoms with E-state index in [1.165, 1.54) is 0 Å². The molecule has 0 atom stereocenters. The Morgan fingerprint density at radius 1 is 0.838 bits per heavy atom. The van der Waals surface area contributed by atoms with Gasteiger partial charge in [0.05, 0.1) is 18.0 Å². The highest BCUT2D eigenvalue weighted by atomic mass is 16.5. The summed E-state index contributed by atoms with van der Waals surface area (Å²) < 4.78 is 7.43. The van der Waals surface area contributed by atoms with Crippen LogP contribution in [0, 0.1) is 0 Å². The first kappa shape index (κ1) is 24.1. The van der Waals surface area contributed by atoms with Crippen LogP contribution in [0.2, 0.25) is 0 Å². The number of imidazole rings is 1. The van der Waals surface area contributed by atoms with Gasteiger partial charge in [0.15, 0.2) is 5.65 Å². The summed E-state index contributed by atoms with van der Waals surface area (Å²) in [5.74, 6) is -0.100. The average Bonchev–Trinajstić information content (AvgIpc) is 3.23. The number of aromatic nitrogens is 3. The molecule has 0 saturated carbocycles. The van der Waals surface area contributed by atoms with Gasteiger partial charge in [-0.15, -0.1) is 0 Å². The largest absolute Gasteiger partial charge is 0.494 e. The zero-order chi connectivity index (χ0) is 25.6. The van der Waals surface area contributed by atoms with Crippen molar-refractivity contribution in [3.63, 3.8) is 0 Å². The Hall–Kier alpha value is -4.65. The molecule has 5 rings (SSSR count). The van der Waals surface area contributed by atoms with E-state index in [0.29, 0.717) is 43.0 Å². The lowest BCUT2D eigenvalue weighted by Crippen LogP contribution is -2.02. The molecule has 0 aliphatic heterocycles. The summed E-state index contributed by atoms with van der Waals surface area (Å²) in [6, 6.07) is 27.5. The number of fused-ring (bicyclic) bond motifs is 1. The van der Waals surface area contributed by atoms with Crippen LogP contribution in [-0.2, 0) is 17.6 Å². The molecule has 0 aliphatic carbocycles. The Morgan fingerprint density at radius 3 is 2.30 bits per heavy atom. The van der Waals surface area contributed by atoms with Gasteiger partial charge in [0, 0.05) is 31.0 Å². The predicted molar refractivity (Wildman–Crippen MR) is 141 cm³/mol. The second kappa shape index (κ2) is 11.0. The van der Waals surface area contributed by atoms with Gasteiger partial charge in [-0.3, -0.25) is 9.20 Å². The summed E-state index contributed by atoms with van der Waals surface area (Å²) in [4.78, 5) is 20.5. The van der Waals surface area contributed by atoms with E-state index in [-0.39, 0.29) is 12.3 Å². The van der Waals surface area contributed by atoms with Crippen molar-refractivity contribution in [2.24, 2.45) is 0 Å². The molecular weight excluding hydrogens is 466 g/mol. The Kier molecular flexibility index (Phi) is 7.12. The van der Waals surface area contributed by atoms with Crippen LogP contribution in [0.3, 0.4) is 0 Å². The minimum atomic E-state index is -0.837. The molecule has 2 aromatic heterocycles. The molecule has 0 fully saturated rings. The van der Waals surface area contributed by atoms with Crippen molar-refractivity contribution < 1.29 is 19.7 Å². The zero-order valence-electron chi connectivity index (χ0n) is 20.2. The van der Waals surface area contributed by atoms with Crippen molar-refractivity contribution in [3.05, 3.63) is 114 Å². The molecule has 0 aliphatic rings. The van der Waals surface area contributed by atoms with Crippen LogP contribution in [0.5, 0.6) is 11.6 Å². The molecule has 5 aromatic rings. The third-order valence-electron chi connectivity index (χ3n) is 6.08. The first-order valence-electron chi connectivity index (χ1n) is 12.2. The summed E-state index contributed by atoms with van der Waals surface area (Å²) in [5, 5.41) is 20.0. The fourth-order valence-electron chi connectivity index (χ4n) is 4.27. The van der Waals surface area contributed by atoms with Gasteiger partial charge in [-0.05, 0) is 29.7 Å². The molecule has 0 bridgehead atoms. The SMILES string of the molecule is O=C(O)CCCOc1cccc(Cc2nc3c(Cc4ccccc4)nc(-c4ccccc4)cn3c2O)c1. The monoisotopic (exact) mass is 493 g/mol. The molecule has 3 aromatic carbocycles. The van der Waals surface area contributed by atoms with E-state index in [2.05, 4.69) is 12.1 Å². The van der Waals surface area contributed by atoms with Gasteiger partial charge in [-0.1, -0.05) is 72.8 Å². The fraction of sp³-hybridized carbons (Fsp3) is 0.167. The number of nitrogens with zero attached hydrogens (tertiary/aromatic N) is 3. The van der Waals surface area contributed by atoms with Crippen molar-refractivity contribution in [1.29, 1.82) is 0 Å². The number of aromatic hydroxyl groups is 1. The van der Waals surface area contributed by atoms with Crippen LogP contribution >= 0.6 is 0 Å². The van der Waals surface area contributed by atoms with Crippen LogP contribution in [0.4, 0.5) is 0 Å². The molecule has 0 unspecified atom stereocenters. The Labute approximate surface area is 214 Å². The maximum absolute atomic E-state index is 11.2. The van der Waals surface area contributed by atoms with Crippen LogP contribution in [0.25, 0.3) is 16.9 Å². The number of carboxylic acids is 1. The standard InChI is InChI=1S/C30H27N3O4/c34-28(35)15-8-16-37-24-14-7-11-22(17-24)19-26-30(36)33-20-27(23-12-5-2-6-13-23)31-25(29(33)32-26)18-21-9-3-1-4-10-21/h1-7,9-14,17,20,36H,8,15-16,18-19H2,(H,34,35). The minimum absolute atomic E-state index is 0.0686. The fourth-order valence-corrected chi connectivity index (χ4v) is 4.27. The van der Waals surface area contributed by atoms with Crippen LogP contribution in [0.1, 0.15) is 35.4 Å². The Morgan fingerprint density at radius 2 is 1.54 bits per heavy atom. The van der Waals surface area contributed by atoms with Crippen molar-refractivity contribution >= 4 is 11.6 Å². The van der Waals surface area contributed by atoms with Gasteiger partial charge in [0.1, 0.15) is 11.4 Å². The number of ether oxygens (including phenoxy) is 1. The van der Waals surface area contributed by atoms with Gasteiger partial charge >= 0.3 is 5.97 Å². The van der Waals surface area contributed by atoms with Gasteiger partial charge < -0.3 is 14.9 Å². The molecule has 0 amide bonds. The second-order valence-electron chi connectivity index (χ2n) is 8.85. The highest BCUT2D eigenvalue weighted by Crippen LogP contribution is 2.29. The molecule has 2 N–H and O–H groups in total. The van der Waals surface area contributed by atoms with E-state index >= 15 is 0 Å². The van der Waals surface area contributed by atoms with Gasteiger partial charge in [-0.25, -0.2) is 9.97 Å². The first-order valence-corrected chi connectivity index (χ1v) is 12.2. The van der Waals surface area contributed by atoms with E-state index in [1.54, 1.807) is 4.40 Å². The maximum atomic E-state index is 11.2. The first-order chi connectivity index (χ1) is 18.1. The van der Waals surface area contributed by atoms with Crippen molar-refractivity contribution in [2.75, 3.05) is 6.61 Å². The van der Waals surface area contributed by atoms with E-state index < -0.39 is 5.97 Å². The van der Waals surface area contributed by atoms with Gasteiger partial charge in [0.25, 0.3) is 0 Å². The highest BCUT2D eigenvalue weighted by Gasteiger charge is 2.18. The van der Waals surface area contributed by atoms with Crippen LogP contribution < -0.4 is 4.74 Å². The van der Waals surface area contributed by atoms with E-state index in [4.69, 9.17) is 19.8 Å². The Balaban J connectivity index is 1.47. The van der Waals surface area contributed by atoms with E-state index in [1.807, 2.05) is 79.0 Å². The average molecular weight is 494 g/mol. The number of hydrogen-bond donors (Lipinski definition) is 2. The summed E-state index contributed by atoms with van der Waals surface area (Å²) in [6.45, 7) is 0.326. The van der Waals surface area contributed by atoms with Crippen molar-refractivity contribution in [1.82, 2.24) is 14.4 Å². The summed E-state index contributed by atoms with van der Waals surface area (Å²) in [6.07, 6.45) is 3.33. The smallest absolute Gasteiger partial charge is 0.303 e. The number of benzene rings is 3.